The minimum Gasteiger partial charge on any atom is -0.334 e. The molecular formula is C17H25N4O5S+. The van der Waals surface area contributed by atoms with Crippen LogP contribution in [0, 0.1) is 16.0 Å². The van der Waals surface area contributed by atoms with Gasteiger partial charge in [0.15, 0.2) is 0 Å². The maximum Gasteiger partial charge on any atom is 0.269 e. The molecule has 0 spiro atoms. The normalized spacial score (nSPS) is 22.6. The summed E-state index contributed by atoms with van der Waals surface area (Å²) in [7, 11) is -1.68. The van der Waals surface area contributed by atoms with Crippen molar-refractivity contribution in [1.29, 1.82) is 0 Å². The number of hydrogen-bond acceptors (Lipinski definition) is 5. The minimum atomic E-state index is -3.77. The molecule has 0 saturated carbocycles. The average molecular weight is 397 g/mol. The van der Waals surface area contributed by atoms with Crippen LogP contribution in [0.5, 0.6) is 0 Å². The van der Waals surface area contributed by atoms with Crippen LogP contribution in [0.1, 0.15) is 12.8 Å². The van der Waals surface area contributed by atoms with E-state index < -0.39 is 14.9 Å². The van der Waals surface area contributed by atoms with Crippen molar-refractivity contribution in [2.75, 3.05) is 46.3 Å². The van der Waals surface area contributed by atoms with Gasteiger partial charge < -0.3 is 9.80 Å². The number of nitrogens with one attached hydrogen (secondary N) is 1. The molecule has 27 heavy (non-hydrogen) atoms. The molecule has 0 aromatic heterocycles. The SMILES string of the molecule is C[NH+]1CCN(C(=O)C2CCCN(S(=O)(=O)c3ccc([N+](=O)[O-])cc3)C2)CC1. The van der Waals surface area contributed by atoms with Gasteiger partial charge >= 0.3 is 0 Å². The van der Waals surface area contributed by atoms with E-state index in [4.69, 9.17) is 0 Å². The highest BCUT2D eigenvalue weighted by atomic mass is 32.2. The van der Waals surface area contributed by atoms with Crippen LogP contribution in [0.4, 0.5) is 5.69 Å². The Hall–Kier alpha value is -2.04. The topological polar surface area (TPSA) is 105 Å². The number of likely N-dealkylation sites (N-methyl/N-ethyl adjacent to an activating group) is 1. The number of quaternary nitrogens is 1. The van der Waals surface area contributed by atoms with Crippen molar-refractivity contribution in [3.8, 4) is 0 Å². The largest absolute Gasteiger partial charge is 0.334 e. The zero-order chi connectivity index (χ0) is 19.6. The third kappa shape index (κ3) is 4.28. The first-order valence-corrected chi connectivity index (χ1v) is 10.6. The number of nitro groups is 1. The number of sulfonamides is 1. The summed E-state index contributed by atoms with van der Waals surface area (Å²) in [6.07, 6.45) is 1.31. The number of carbonyl (C=O) groups excluding carboxylic acids is 1. The van der Waals surface area contributed by atoms with Gasteiger partial charge in [-0.3, -0.25) is 14.9 Å². The molecule has 2 fully saturated rings. The van der Waals surface area contributed by atoms with Crippen LogP contribution in [-0.2, 0) is 14.8 Å². The lowest BCUT2D eigenvalue weighted by atomic mass is 9.98. The van der Waals surface area contributed by atoms with E-state index in [1.165, 1.54) is 33.5 Å². The highest BCUT2D eigenvalue weighted by molar-refractivity contribution is 7.89. The van der Waals surface area contributed by atoms with E-state index in [1.807, 2.05) is 4.90 Å². The highest BCUT2D eigenvalue weighted by Gasteiger charge is 2.36. The second kappa shape index (κ2) is 7.91. The first-order chi connectivity index (χ1) is 12.8. The van der Waals surface area contributed by atoms with Gasteiger partial charge in [0.05, 0.1) is 49.0 Å². The van der Waals surface area contributed by atoms with Gasteiger partial charge in [-0.2, -0.15) is 4.31 Å². The highest BCUT2D eigenvalue weighted by Crippen LogP contribution is 2.26. The van der Waals surface area contributed by atoms with E-state index in [2.05, 4.69) is 7.05 Å². The van der Waals surface area contributed by atoms with Crippen LogP contribution in [-0.4, -0.2) is 74.8 Å². The van der Waals surface area contributed by atoms with E-state index in [0.717, 1.165) is 13.1 Å². The van der Waals surface area contributed by atoms with E-state index >= 15 is 0 Å². The predicted octanol–water partition coefficient (Wildman–Crippen LogP) is -0.648. The Morgan fingerprint density at radius 3 is 2.41 bits per heavy atom. The first-order valence-electron chi connectivity index (χ1n) is 9.14. The van der Waals surface area contributed by atoms with Crippen molar-refractivity contribution in [3.63, 3.8) is 0 Å². The Morgan fingerprint density at radius 2 is 1.81 bits per heavy atom. The Kier molecular flexibility index (Phi) is 5.78. The fraction of sp³-hybridized carbons (Fsp3) is 0.588. The van der Waals surface area contributed by atoms with Crippen LogP contribution in [0.3, 0.4) is 0 Å². The van der Waals surface area contributed by atoms with Crippen molar-refractivity contribution in [2.45, 2.75) is 17.7 Å². The molecule has 1 aromatic carbocycles. The summed E-state index contributed by atoms with van der Waals surface area (Å²) in [5.74, 6) is -0.295. The second-order valence-electron chi connectivity index (χ2n) is 7.24. The van der Waals surface area contributed by atoms with E-state index in [1.54, 1.807) is 0 Å². The number of amides is 1. The van der Waals surface area contributed by atoms with Crippen molar-refractivity contribution in [1.82, 2.24) is 9.21 Å². The summed E-state index contributed by atoms with van der Waals surface area (Å²) in [6, 6.07) is 4.88. The molecule has 1 unspecified atom stereocenters. The summed E-state index contributed by atoms with van der Waals surface area (Å²) in [6.45, 7) is 3.74. The molecule has 2 heterocycles. The van der Waals surface area contributed by atoms with Crippen molar-refractivity contribution in [3.05, 3.63) is 34.4 Å². The lowest BCUT2D eigenvalue weighted by Gasteiger charge is -2.36. The van der Waals surface area contributed by atoms with Gasteiger partial charge in [0, 0.05) is 25.2 Å². The number of hydrogen-bond donors (Lipinski definition) is 1. The molecule has 1 N–H and O–H groups in total. The smallest absolute Gasteiger partial charge is 0.269 e. The van der Waals surface area contributed by atoms with Crippen molar-refractivity contribution >= 4 is 21.6 Å². The molecule has 1 atom stereocenters. The summed E-state index contributed by atoms with van der Waals surface area (Å²) >= 11 is 0. The molecule has 2 aliphatic heterocycles. The van der Waals surface area contributed by atoms with Crippen LogP contribution in [0.15, 0.2) is 29.2 Å². The first kappa shape index (κ1) is 19.7. The summed E-state index contributed by atoms with van der Waals surface area (Å²) in [5, 5.41) is 10.8. The number of piperazine rings is 1. The van der Waals surface area contributed by atoms with Crippen LogP contribution in [0.25, 0.3) is 0 Å². The molecule has 10 heteroatoms. The number of carbonyl (C=O) groups is 1. The van der Waals surface area contributed by atoms with Gasteiger partial charge in [-0.05, 0) is 25.0 Å². The predicted molar refractivity (Wildman–Crippen MR) is 97.8 cm³/mol. The average Bonchev–Trinajstić information content (AvgIpc) is 2.68. The van der Waals surface area contributed by atoms with Crippen LogP contribution in [0.2, 0.25) is 0 Å². The number of non-ortho nitro benzene ring substituents is 1. The molecule has 0 bridgehead atoms. The summed E-state index contributed by atoms with van der Waals surface area (Å²) in [4.78, 5) is 26.3. The summed E-state index contributed by atoms with van der Waals surface area (Å²) < 4.78 is 27.1. The van der Waals surface area contributed by atoms with Gasteiger partial charge in [0.25, 0.3) is 5.69 Å². The van der Waals surface area contributed by atoms with Gasteiger partial charge in [0.2, 0.25) is 15.9 Å². The van der Waals surface area contributed by atoms with E-state index in [-0.39, 0.29) is 29.0 Å². The Labute approximate surface area is 158 Å². The molecule has 2 aliphatic rings. The maximum atomic E-state index is 12.9. The molecule has 1 aromatic rings. The number of nitro benzene ring substituents is 1. The monoisotopic (exact) mass is 397 g/mol. The minimum absolute atomic E-state index is 0.0180. The molecule has 1 amide bonds. The van der Waals surface area contributed by atoms with Gasteiger partial charge in [-0.15, -0.1) is 0 Å². The quantitative estimate of drug-likeness (QED) is 0.537. The lowest BCUT2D eigenvalue weighted by Crippen LogP contribution is -3.12. The van der Waals surface area contributed by atoms with E-state index in [0.29, 0.717) is 32.5 Å². The van der Waals surface area contributed by atoms with Gasteiger partial charge in [-0.1, -0.05) is 0 Å². The van der Waals surface area contributed by atoms with Crippen LogP contribution >= 0.6 is 0 Å². The maximum absolute atomic E-state index is 12.9. The van der Waals surface area contributed by atoms with Crippen molar-refractivity contribution < 1.29 is 23.0 Å². The zero-order valence-corrected chi connectivity index (χ0v) is 16.2. The Bertz CT molecular complexity index is 803. The third-order valence-corrected chi connectivity index (χ3v) is 7.23. The summed E-state index contributed by atoms with van der Waals surface area (Å²) in [5.41, 5.74) is -0.155. The van der Waals surface area contributed by atoms with Crippen molar-refractivity contribution in [2.24, 2.45) is 5.92 Å². The molecule has 9 nitrogen and oxygen atoms in total. The molecule has 148 valence electrons. The van der Waals surface area contributed by atoms with Gasteiger partial charge in [-0.25, -0.2) is 8.42 Å². The number of piperidine rings is 1. The fourth-order valence-corrected chi connectivity index (χ4v) is 5.14. The number of rotatable bonds is 4. The Balaban J connectivity index is 1.71. The van der Waals surface area contributed by atoms with Gasteiger partial charge in [0.1, 0.15) is 0 Å². The molecular weight excluding hydrogens is 372 g/mol. The zero-order valence-electron chi connectivity index (χ0n) is 15.3. The second-order valence-corrected chi connectivity index (χ2v) is 9.17. The molecule has 2 saturated heterocycles. The molecule has 0 aliphatic carbocycles. The lowest BCUT2D eigenvalue weighted by molar-refractivity contribution is -0.883. The number of benzene rings is 1. The van der Waals surface area contributed by atoms with E-state index in [9.17, 15) is 23.3 Å². The fourth-order valence-electron chi connectivity index (χ4n) is 3.62. The molecule has 0 radical (unpaired) electrons. The molecule has 3 rings (SSSR count). The number of nitrogens with zero attached hydrogens (tertiary/aromatic N) is 3. The van der Waals surface area contributed by atoms with Crippen LogP contribution < -0.4 is 4.90 Å². The Morgan fingerprint density at radius 1 is 1.19 bits per heavy atom. The third-order valence-electron chi connectivity index (χ3n) is 5.35. The standard InChI is InChI=1S/C17H24N4O5S/c1-18-9-11-19(12-10-18)17(22)14-3-2-8-20(13-14)27(25,26)16-6-4-15(5-7-16)21(23)24/h4-7,14H,2-3,8-13H2,1H3/p+1.